The van der Waals surface area contributed by atoms with E-state index in [1.165, 1.54) is 4.90 Å². The topological polar surface area (TPSA) is 96.0 Å². The van der Waals surface area contributed by atoms with E-state index < -0.39 is 11.9 Å². The largest absolute Gasteiger partial charge is 0.491 e. The molecule has 5 rings (SSSR count). The summed E-state index contributed by atoms with van der Waals surface area (Å²) in [6.45, 7) is 1.39. The maximum Gasteiger partial charge on any atom is 0.255 e. The van der Waals surface area contributed by atoms with Crippen molar-refractivity contribution in [3.8, 4) is 5.75 Å². The molecule has 0 bridgehead atoms. The van der Waals surface area contributed by atoms with Crippen LogP contribution in [-0.4, -0.2) is 58.7 Å². The molecule has 3 aliphatic heterocycles. The number of carbonyl (C=O) groups is 4. The first-order valence-corrected chi connectivity index (χ1v) is 11.8. The van der Waals surface area contributed by atoms with Gasteiger partial charge in [-0.15, -0.1) is 0 Å². The fourth-order valence-corrected chi connectivity index (χ4v) is 5.02. The van der Waals surface area contributed by atoms with Crippen LogP contribution in [0.25, 0.3) is 0 Å². The van der Waals surface area contributed by atoms with Crippen molar-refractivity contribution < 1.29 is 23.9 Å². The number of rotatable bonds is 5. The first-order valence-electron chi connectivity index (χ1n) is 11.8. The standard InChI is InChI=1S/C26H27N3O5/c30-23-12-11-22(24(31)27-23)29-15-18-14-20(9-10-21(18)26(29)33)34-16-19-8-4-5-13-28(19)25(32)17-6-2-1-3-7-17/h1-3,6-7,9-10,14,19,22H,4-5,8,11-13,15-16H2,(H,27,30,31). The van der Waals surface area contributed by atoms with E-state index in [0.717, 1.165) is 24.8 Å². The van der Waals surface area contributed by atoms with Crippen LogP contribution in [0.1, 0.15) is 58.4 Å². The Morgan fingerprint density at radius 1 is 1.03 bits per heavy atom. The number of hydrogen-bond donors (Lipinski definition) is 1. The molecule has 8 heteroatoms. The van der Waals surface area contributed by atoms with Crippen LogP contribution in [0.5, 0.6) is 5.75 Å². The minimum absolute atomic E-state index is 0.0173. The second-order valence-electron chi connectivity index (χ2n) is 9.04. The monoisotopic (exact) mass is 461 g/mol. The van der Waals surface area contributed by atoms with Crippen molar-refractivity contribution in [1.29, 1.82) is 0 Å². The van der Waals surface area contributed by atoms with Gasteiger partial charge in [0.1, 0.15) is 18.4 Å². The lowest BCUT2D eigenvalue weighted by molar-refractivity contribution is -0.136. The van der Waals surface area contributed by atoms with Gasteiger partial charge in [0.2, 0.25) is 11.8 Å². The van der Waals surface area contributed by atoms with Gasteiger partial charge < -0.3 is 14.5 Å². The van der Waals surface area contributed by atoms with Crippen molar-refractivity contribution in [2.24, 2.45) is 0 Å². The molecular weight excluding hydrogens is 434 g/mol. The molecule has 1 N–H and O–H groups in total. The number of imide groups is 1. The molecule has 34 heavy (non-hydrogen) atoms. The third-order valence-electron chi connectivity index (χ3n) is 6.85. The van der Waals surface area contributed by atoms with Crippen molar-refractivity contribution in [2.75, 3.05) is 13.2 Å². The highest BCUT2D eigenvalue weighted by molar-refractivity contribution is 6.05. The molecule has 0 spiro atoms. The highest BCUT2D eigenvalue weighted by Gasteiger charge is 2.39. The SMILES string of the molecule is O=C1CCC(N2Cc3cc(OCC4CCCCN4C(=O)c4ccccc4)ccc3C2=O)C(=O)N1. The molecular formula is C26H27N3O5. The average Bonchev–Trinajstić information content (AvgIpc) is 3.18. The number of nitrogens with one attached hydrogen (secondary N) is 1. The molecule has 2 fully saturated rings. The molecule has 4 amide bonds. The van der Waals surface area contributed by atoms with Crippen LogP contribution in [0.2, 0.25) is 0 Å². The summed E-state index contributed by atoms with van der Waals surface area (Å²) in [5.74, 6) is -0.274. The zero-order chi connectivity index (χ0) is 23.7. The minimum atomic E-state index is -0.637. The molecule has 2 aromatic rings. The normalized spacial score (nSPS) is 22.4. The fraction of sp³-hybridized carbons (Fsp3) is 0.385. The number of fused-ring (bicyclic) bond motifs is 1. The number of ether oxygens (including phenoxy) is 1. The summed E-state index contributed by atoms with van der Waals surface area (Å²) in [7, 11) is 0. The van der Waals surface area contributed by atoms with Gasteiger partial charge in [0.05, 0.1) is 6.04 Å². The highest BCUT2D eigenvalue weighted by Crippen LogP contribution is 2.30. The Labute approximate surface area is 197 Å². The van der Waals surface area contributed by atoms with Gasteiger partial charge in [-0.1, -0.05) is 18.2 Å². The number of piperidine rings is 2. The molecule has 8 nitrogen and oxygen atoms in total. The van der Waals surface area contributed by atoms with Crippen LogP contribution in [0.4, 0.5) is 0 Å². The molecule has 2 atom stereocenters. The highest BCUT2D eigenvalue weighted by atomic mass is 16.5. The quantitative estimate of drug-likeness (QED) is 0.691. The smallest absolute Gasteiger partial charge is 0.255 e. The summed E-state index contributed by atoms with van der Waals surface area (Å²) in [5.41, 5.74) is 2.03. The summed E-state index contributed by atoms with van der Waals surface area (Å²) in [5, 5.41) is 2.32. The van der Waals surface area contributed by atoms with Gasteiger partial charge in [-0.2, -0.15) is 0 Å². The predicted molar refractivity (Wildman–Crippen MR) is 123 cm³/mol. The number of nitrogens with zero attached hydrogens (tertiary/aromatic N) is 2. The Hall–Kier alpha value is -3.68. The van der Waals surface area contributed by atoms with Gasteiger partial charge in [0.25, 0.3) is 11.8 Å². The van der Waals surface area contributed by atoms with Gasteiger partial charge in [0.15, 0.2) is 0 Å². The number of benzene rings is 2. The van der Waals surface area contributed by atoms with Gasteiger partial charge in [-0.3, -0.25) is 24.5 Å². The molecule has 2 aromatic carbocycles. The Morgan fingerprint density at radius 3 is 2.65 bits per heavy atom. The molecule has 2 saturated heterocycles. The van der Waals surface area contributed by atoms with E-state index in [9.17, 15) is 19.2 Å². The number of amides is 4. The van der Waals surface area contributed by atoms with Gasteiger partial charge in [-0.05, 0) is 61.6 Å². The van der Waals surface area contributed by atoms with E-state index in [4.69, 9.17) is 4.74 Å². The zero-order valence-electron chi connectivity index (χ0n) is 18.9. The molecule has 0 saturated carbocycles. The van der Waals surface area contributed by atoms with Crippen molar-refractivity contribution >= 4 is 23.6 Å². The predicted octanol–water partition coefficient (Wildman–Crippen LogP) is 2.52. The molecule has 0 aromatic heterocycles. The van der Waals surface area contributed by atoms with Crippen LogP contribution in [-0.2, 0) is 16.1 Å². The summed E-state index contributed by atoms with van der Waals surface area (Å²) < 4.78 is 6.09. The summed E-state index contributed by atoms with van der Waals surface area (Å²) in [6, 6.07) is 14.0. The Balaban J connectivity index is 1.25. The lowest BCUT2D eigenvalue weighted by Crippen LogP contribution is -2.52. The Kier molecular flexibility index (Phi) is 6.04. The molecule has 0 aliphatic carbocycles. The molecule has 0 radical (unpaired) electrons. The van der Waals surface area contributed by atoms with E-state index in [-0.39, 0.29) is 30.2 Å². The van der Waals surface area contributed by atoms with Gasteiger partial charge >= 0.3 is 0 Å². The first kappa shape index (κ1) is 22.1. The summed E-state index contributed by atoms with van der Waals surface area (Å²) in [4.78, 5) is 53.0. The maximum absolute atomic E-state index is 13.0. The average molecular weight is 462 g/mol. The number of likely N-dealkylation sites (tertiary alicyclic amines) is 1. The maximum atomic E-state index is 13.0. The second-order valence-corrected chi connectivity index (χ2v) is 9.04. The summed E-state index contributed by atoms with van der Waals surface area (Å²) in [6.07, 6.45) is 3.47. The Bertz CT molecular complexity index is 1130. The van der Waals surface area contributed by atoms with E-state index >= 15 is 0 Å². The van der Waals surface area contributed by atoms with Crippen molar-refractivity contribution in [3.05, 3.63) is 65.2 Å². The fourth-order valence-electron chi connectivity index (χ4n) is 5.02. The second kappa shape index (κ2) is 9.29. The van der Waals surface area contributed by atoms with Crippen molar-refractivity contribution in [1.82, 2.24) is 15.1 Å². The number of hydrogen-bond acceptors (Lipinski definition) is 5. The van der Waals surface area contributed by atoms with E-state index in [2.05, 4.69) is 5.32 Å². The number of carbonyl (C=O) groups excluding carboxylic acids is 4. The lowest BCUT2D eigenvalue weighted by Gasteiger charge is -2.35. The molecule has 3 aliphatic rings. The van der Waals surface area contributed by atoms with Crippen LogP contribution >= 0.6 is 0 Å². The summed E-state index contributed by atoms with van der Waals surface area (Å²) >= 11 is 0. The van der Waals surface area contributed by atoms with Crippen LogP contribution in [0.15, 0.2) is 48.5 Å². The van der Waals surface area contributed by atoms with Crippen LogP contribution in [0, 0.1) is 0 Å². The molecule has 3 heterocycles. The third-order valence-corrected chi connectivity index (χ3v) is 6.85. The van der Waals surface area contributed by atoms with Gasteiger partial charge in [-0.25, -0.2) is 0 Å². The van der Waals surface area contributed by atoms with Crippen LogP contribution < -0.4 is 10.1 Å². The van der Waals surface area contributed by atoms with E-state index in [1.54, 1.807) is 12.1 Å². The Morgan fingerprint density at radius 2 is 1.85 bits per heavy atom. The third kappa shape index (κ3) is 4.27. The lowest BCUT2D eigenvalue weighted by atomic mass is 10.0. The van der Waals surface area contributed by atoms with Crippen molar-refractivity contribution in [2.45, 2.75) is 50.7 Å². The van der Waals surface area contributed by atoms with E-state index in [1.807, 2.05) is 41.3 Å². The van der Waals surface area contributed by atoms with Gasteiger partial charge in [0, 0.05) is 30.6 Å². The zero-order valence-corrected chi connectivity index (χ0v) is 18.9. The van der Waals surface area contributed by atoms with E-state index in [0.29, 0.717) is 43.0 Å². The first-order chi connectivity index (χ1) is 16.5. The molecule has 2 unspecified atom stereocenters. The van der Waals surface area contributed by atoms with Crippen LogP contribution in [0.3, 0.4) is 0 Å². The molecule has 176 valence electrons. The van der Waals surface area contributed by atoms with Crippen molar-refractivity contribution in [3.63, 3.8) is 0 Å². The minimum Gasteiger partial charge on any atom is -0.491 e.